The van der Waals surface area contributed by atoms with Gasteiger partial charge in [0.25, 0.3) is 0 Å². The fourth-order valence-corrected chi connectivity index (χ4v) is 2.69. The fraction of sp³-hybridized carbons (Fsp3) is 0.714. The van der Waals surface area contributed by atoms with Crippen LogP contribution in [0.2, 0.25) is 0 Å². The van der Waals surface area contributed by atoms with Gasteiger partial charge in [0.05, 0.1) is 24.8 Å². The van der Waals surface area contributed by atoms with Crippen molar-refractivity contribution < 1.29 is 9.53 Å². The first kappa shape index (κ1) is 13.9. The molecule has 0 aromatic carbocycles. The van der Waals surface area contributed by atoms with Crippen molar-refractivity contribution in [3.63, 3.8) is 0 Å². The summed E-state index contributed by atoms with van der Waals surface area (Å²) in [6.07, 6.45) is 9.13. The molecule has 0 aromatic heterocycles. The number of terminal acetylenes is 1. The summed E-state index contributed by atoms with van der Waals surface area (Å²) >= 11 is 0. The molecule has 3 atom stereocenters. The van der Waals surface area contributed by atoms with Crippen molar-refractivity contribution in [3.05, 3.63) is 0 Å². The van der Waals surface area contributed by atoms with Crippen molar-refractivity contribution in [2.24, 2.45) is 0 Å². The number of carbonyl (C=O) groups is 1. The van der Waals surface area contributed by atoms with E-state index in [0.29, 0.717) is 19.4 Å². The van der Waals surface area contributed by atoms with Crippen LogP contribution in [0.4, 0.5) is 0 Å². The molecule has 5 nitrogen and oxygen atoms in total. The van der Waals surface area contributed by atoms with Crippen molar-refractivity contribution in [2.45, 2.75) is 43.9 Å². The van der Waals surface area contributed by atoms with Crippen molar-refractivity contribution in [2.75, 3.05) is 19.7 Å². The Morgan fingerprint density at radius 1 is 1.42 bits per heavy atom. The molecular weight excluding hydrogens is 242 g/mol. The quantitative estimate of drug-likeness (QED) is 0.738. The Hall–Kier alpha value is -1.56. The van der Waals surface area contributed by atoms with Crippen molar-refractivity contribution >= 4 is 5.91 Å². The molecule has 0 spiro atoms. The molecule has 0 bridgehead atoms. The molecule has 0 aromatic rings. The largest absolute Gasteiger partial charge is 0.377 e. The van der Waals surface area contributed by atoms with Gasteiger partial charge in [-0.15, -0.1) is 6.42 Å². The van der Waals surface area contributed by atoms with Crippen LogP contribution >= 0.6 is 0 Å². The molecule has 0 aliphatic carbocycles. The highest BCUT2D eigenvalue weighted by molar-refractivity contribution is 5.80. The van der Waals surface area contributed by atoms with Gasteiger partial charge >= 0.3 is 0 Å². The second kappa shape index (κ2) is 6.56. The molecule has 1 amide bonds. The van der Waals surface area contributed by atoms with Gasteiger partial charge in [-0.25, -0.2) is 0 Å². The third-order valence-corrected chi connectivity index (χ3v) is 3.69. The van der Waals surface area contributed by atoms with Crippen LogP contribution in [-0.2, 0) is 9.53 Å². The second-order valence-electron chi connectivity index (χ2n) is 4.97. The van der Waals surface area contributed by atoms with Gasteiger partial charge in [0.2, 0.25) is 5.91 Å². The monoisotopic (exact) mass is 261 g/mol. The van der Waals surface area contributed by atoms with E-state index in [1.165, 1.54) is 0 Å². The average Bonchev–Trinajstić information content (AvgIpc) is 3.06. The summed E-state index contributed by atoms with van der Waals surface area (Å²) in [6.45, 7) is 1.70. The lowest BCUT2D eigenvalue weighted by atomic mass is 10.2. The first-order valence-electron chi connectivity index (χ1n) is 6.75. The minimum absolute atomic E-state index is 0.0926. The lowest BCUT2D eigenvalue weighted by molar-refractivity contribution is -0.131. The Labute approximate surface area is 113 Å². The molecule has 1 N–H and O–H groups in total. The Kier molecular flexibility index (Phi) is 4.79. The standard InChI is InChI=1S/C14H19N3O2/c1-2-11-5-6-12(8-15)17(11)14(18)10-16-9-13-4-3-7-19-13/h1,11-13,16H,3-7,9-10H2/t11-,12-,13?/m0/s1. The molecular formula is C14H19N3O2. The average molecular weight is 261 g/mol. The zero-order valence-corrected chi connectivity index (χ0v) is 11.0. The van der Waals surface area contributed by atoms with Crippen molar-refractivity contribution in [1.29, 1.82) is 5.26 Å². The molecule has 2 aliphatic rings. The third-order valence-electron chi connectivity index (χ3n) is 3.69. The van der Waals surface area contributed by atoms with Gasteiger partial charge in [-0.1, -0.05) is 5.92 Å². The molecule has 102 valence electrons. The minimum atomic E-state index is -0.377. The smallest absolute Gasteiger partial charge is 0.238 e. The summed E-state index contributed by atoms with van der Waals surface area (Å²) in [7, 11) is 0. The lowest BCUT2D eigenvalue weighted by Gasteiger charge is -2.24. The molecule has 2 fully saturated rings. The number of rotatable bonds is 4. The summed E-state index contributed by atoms with van der Waals surface area (Å²) in [5.74, 6) is 2.50. The van der Waals surface area contributed by atoms with Crippen LogP contribution in [-0.4, -0.2) is 48.7 Å². The Morgan fingerprint density at radius 3 is 2.84 bits per heavy atom. The van der Waals surface area contributed by atoms with E-state index in [2.05, 4.69) is 17.3 Å². The Balaban J connectivity index is 1.80. The predicted octanol–water partition coefficient (Wildman–Crippen LogP) is 0.271. The van der Waals surface area contributed by atoms with E-state index in [4.69, 9.17) is 16.4 Å². The van der Waals surface area contributed by atoms with Gasteiger partial charge in [0, 0.05) is 13.2 Å². The van der Waals surface area contributed by atoms with E-state index < -0.39 is 0 Å². The van der Waals surface area contributed by atoms with Crippen LogP contribution < -0.4 is 5.32 Å². The van der Waals surface area contributed by atoms with Gasteiger partial charge in [-0.3, -0.25) is 4.79 Å². The van der Waals surface area contributed by atoms with E-state index in [1.54, 1.807) is 4.90 Å². The summed E-state index contributed by atoms with van der Waals surface area (Å²) < 4.78 is 5.47. The number of hydrogen-bond acceptors (Lipinski definition) is 4. The SMILES string of the molecule is C#C[C@H]1CC[C@@H](C#N)N1C(=O)CNCC1CCCO1. The van der Waals surface area contributed by atoms with Crippen LogP contribution in [0.15, 0.2) is 0 Å². The maximum Gasteiger partial charge on any atom is 0.238 e. The molecule has 2 aliphatic heterocycles. The zero-order chi connectivity index (χ0) is 13.7. The summed E-state index contributed by atoms with van der Waals surface area (Å²) in [5, 5.41) is 12.1. The van der Waals surface area contributed by atoms with Crippen LogP contribution in [0.1, 0.15) is 25.7 Å². The molecule has 0 radical (unpaired) electrons. The molecule has 2 rings (SSSR count). The predicted molar refractivity (Wildman–Crippen MR) is 69.9 cm³/mol. The van der Waals surface area contributed by atoms with E-state index in [1.807, 2.05) is 0 Å². The van der Waals surface area contributed by atoms with Crippen LogP contribution in [0, 0.1) is 23.7 Å². The number of amides is 1. The first-order chi connectivity index (χ1) is 9.26. The number of ether oxygens (including phenoxy) is 1. The summed E-state index contributed by atoms with van der Waals surface area (Å²) in [5.41, 5.74) is 0. The number of likely N-dealkylation sites (tertiary alicyclic amines) is 1. The number of carbonyl (C=O) groups excluding carboxylic acids is 1. The lowest BCUT2D eigenvalue weighted by Crippen LogP contribution is -2.45. The Morgan fingerprint density at radius 2 is 2.21 bits per heavy atom. The minimum Gasteiger partial charge on any atom is -0.377 e. The molecule has 2 heterocycles. The number of nitrogens with zero attached hydrogens (tertiary/aromatic N) is 2. The molecule has 1 unspecified atom stereocenters. The van der Waals surface area contributed by atoms with Gasteiger partial charge in [-0.2, -0.15) is 5.26 Å². The van der Waals surface area contributed by atoms with Gasteiger partial charge < -0.3 is 15.0 Å². The summed E-state index contributed by atoms with van der Waals surface area (Å²) in [4.78, 5) is 13.7. The van der Waals surface area contributed by atoms with Crippen molar-refractivity contribution in [1.82, 2.24) is 10.2 Å². The topological polar surface area (TPSA) is 65.4 Å². The molecule has 2 saturated heterocycles. The Bertz CT molecular complexity index is 382. The van der Waals surface area contributed by atoms with E-state index in [0.717, 1.165) is 19.4 Å². The van der Waals surface area contributed by atoms with Gasteiger partial charge in [0.1, 0.15) is 6.04 Å². The van der Waals surface area contributed by atoms with Crippen LogP contribution in [0.3, 0.4) is 0 Å². The van der Waals surface area contributed by atoms with Crippen LogP contribution in [0.25, 0.3) is 0 Å². The third kappa shape index (κ3) is 3.26. The highest BCUT2D eigenvalue weighted by Crippen LogP contribution is 2.23. The highest BCUT2D eigenvalue weighted by atomic mass is 16.5. The number of nitriles is 1. The van der Waals surface area contributed by atoms with Gasteiger partial charge in [0.15, 0.2) is 0 Å². The summed E-state index contributed by atoms with van der Waals surface area (Å²) in [6, 6.07) is 1.54. The normalized spacial score (nSPS) is 30.0. The number of hydrogen-bond donors (Lipinski definition) is 1. The van der Waals surface area contributed by atoms with E-state index >= 15 is 0 Å². The maximum absolute atomic E-state index is 12.1. The van der Waals surface area contributed by atoms with Crippen molar-refractivity contribution in [3.8, 4) is 18.4 Å². The highest BCUT2D eigenvalue weighted by Gasteiger charge is 2.35. The second-order valence-corrected chi connectivity index (χ2v) is 4.97. The molecule has 19 heavy (non-hydrogen) atoms. The van der Waals surface area contributed by atoms with E-state index in [-0.39, 0.29) is 30.6 Å². The first-order valence-corrected chi connectivity index (χ1v) is 6.75. The zero-order valence-electron chi connectivity index (χ0n) is 11.0. The van der Waals surface area contributed by atoms with Gasteiger partial charge in [-0.05, 0) is 25.7 Å². The maximum atomic E-state index is 12.1. The van der Waals surface area contributed by atoms with E-state index in [9.17, 15) is 4.79 Å². The fourth-order valence-electron chi connectivity index (χ4n) is 2.69. The number of nitrogens with one attached hydrogen (secondary N) is 1. The van der Waals surface area contributed by atoms with Crippen LogP contribution in [0.5, 0.6) is 0 Å². The molecule has 5 heteroatoms. The molecule has 0 saturated carbocycles.